The second kappa shape index (κ2) is 4.12. The highest BCUT2D eigenvalue weighted by molar-refractivity contribution is 6.52. The van der Waals surface area contributed by atoms with Gasteiger partial charge in [0.25, 0.3) is 5.91 Å². The summed E-state index contributed by atoms with van der Waals surface area (Å²) in [4.78, 5) is 25.0. The average molecular weight is 247 g/mol. The fourth-order valence-corrected chi connectivity index (χ4v) is 2.19. The molecule has 18 heavy (non-hydrogen) atoms. The zero-order valence-electron chi connectivity index (χ0n) is 11.1. The van der Waals surface area contributed by atoms with Crippen molar-refractivity contribution in [2.75, 3.05) is 12.0 Å². The van der Waals surface area contributed by atoms with Crippen molar-refractivity contribution in [3.05, 3.63) is 24.3 Å². The molecule has 1 aliphatic heterocycles. The van der Waals surface area contributed by atoms with E-state index in [9.17, 15) is 9.59 Å². The fraction of sp³-hybridized carbons (Fsp3) is 0.429. The first-order valence-electron chi connectivity index (χ1n) is 5.87. The van der Waals surface area contributed by atoms with Crippen LogP contribution in [-0.4, -0.2) is 24.8 Å². The highest BCUT2D eigenvalue weighted by Crippen LogP contribution is 2.36. The van der Waals surface area contributed by atoms with E-state index in [0.717, 1.165) is 11.4 Å². The van der Waals surface area contributed by atoms with E-state index < -0.39 is 5.91 Å². The minimum absolute atomic E-state index is 0.259. The number of amides is 1. The summed E-state index contributed by atoms with van der Waals surface area (Å²) in [5.74, 6) is -0.0104. The van der Waals surface area contributed by atoms with Crippen molar-refractivity contribution in [2.24, 2.45) is 5.41 Å². The van der Waals surface area contributed by atoms with Crippen molar-refractivity contribution >= 4 is 17.4 Å². The summed E-state index contributed by atoms with van der Waals surface area (Å²) in [7, 11) is 1.59. The highest BCUT2D eigenvalue weighted by Gasteiger charge is 2.52. The summed E-state index contributed by atoms with van der Waals surface area (Å²) < 4.78 is 5.07. The topological polar surface area (TPSA) is 46.6 Å². The van der Waals surface area contributed by atoms with Gasteiger partial charge < -0.3 is 4.74 Å². The minimum Gasteiger partial charge on any atom is -0.497 e. The first kappa shape index (κ1) is 12.6. The smallest absolute Gasteiger partial charge is 0.297 e. The number of β-lactam (4-membered cyclic amide) rings is 1. The summed E-state index contributed by atoms with van der Waals surface area (Å²) in [6.45, 7) is 5.87. The molecule has 0 spiro atoms. The van der Waals surface area contributed by atoms with Crippen LogP contribution in [0.5, 0.6) is 5.75 Å². The lowest BCUT2D eigenvalue weighted by molar-refractivity contribution is -0.145. The standard InChI is InChI=1S/C14H17NO3/c1-14(2,3)12-11(16)13(17)15(12)9-5-7-10(18-4)8-6-9/h5-8,12H,1-4H3. The molecule has 1 unspecified atom stereocenters. The second-order valence-corrected chi connectivity index (χ2v) is 5.51. The molecule has 2 rings (SSSR count). The molecule has 4 heteroatoms. The molecule has 0 saturated carbocycles. The van der Waals surface area contributed by atoms with Crippen LogP contribution in [0, 0.1) is 5.41 Å². The highest BCUT2D eigenvalue weighted by atomic mass is 16.5. The van der Waals surface area contributed by atoms with Crippen LogP contribution in [-0.2, 0) is 9.59 Å². The maximum Gasteiger partial charge on any atom is 0.297 e. The summed E-state index contributed by atoms with van der Waals surface area (Å²) in [6, 6.07) is 6.78. The molecule has 0 bridgehead atoms. The average Bonchev–Trinajstić information content (AvgIpc) is 2.33. The van der Waals surface area contributed by atoms with E-state index in [2.05, 4.69) is 0 Å². The molecule has 0 radical (unpaired) electrons. The first-order valence-corrected chi connectivity index (χ1v) is 5.87. The van der Waals surface area contributed by atoms with E-state index in [1.54, 1.807) is 36.3 Å². The van der Waals surface area contributed by atoms with Crippen molar-refractivity contribution < 1.29 is 14.3 Å². The van der Waals surface area contributed by atoms with Crippen LogP contribution in [0.2, 0.25) is 0 Å². The van der Waals surface area contributed by atoms with Gasteiger partial charge in [0.1, 0.15) is 11.8 Å². The Morgan fingerprint density at radius 1 is 1.11 bits per heavy atom. The fourth-order valence-electron chi connectivity index (χ4n) is 2.19. The van der Waals surface area contributed by atoms with Gasteiger partial charge in [0.15, 0.2) is 0 Å². The monoisotopic (exact) mass is 247 g/mol. The number of ketones is 1. The molecular weight excluding hydrogens is 230 g/mol. The molecule has 0 aliphatic carbocycles. The molecule has 1 heterocycles. The van der Waals surface area contributed by atoms with Crippen LogP contribution in [0.15, 0.2) is 24.3 Å². The number of benzene rings is 1. The molecule has 96 valence electrons. The molecule has 1 aromatic rings. The Balaban J connectivity index is 2.31. The Morgan fingerprint density at radius 2 is 1.67 bits per heavy atom. The Kier molecular flexibility index (Phi) is 2.89. The van der Waals surface area contributed by atoms with Crippen LogP contribution < -0.4 is 9.64 Å². The number of hydrogen-bond donors (Lipinski definition) is 0. The third-order valence-corrected chi connectivity index (χ3v) is 3.11. The molecule has 1 atom stereocenters. The molecular formula is C14H17NO3. The Hall–Kier alpha value is -1.84. The maximum atomic E-state index is 11.7. The molecule has 4 nitrogen and oxygen atoms in total. The van der Waals surface area contributed by atoms with Gasteiger partial charge in [-0.3, -0.25) is 14.5 Å². The number of rotatable bonds is 2. The zero-order chi connectivity index (χ0) is 13.5. The van der Waals surface area contributed by atoms with Crippen molar-refractivity contribution in [1.82, 2.24) is 0 Å². The predicted molar refractivity (Wildman–Crippen MR) is 68.7 cm³/mol. The van der Waals surface area contributed by atoms with E-state index >= 15 is 0 Å². The van der Waals surface area contributed by atoms with Crippen LogP contribution in [0.25, 0.3) is 0 Å². The predicted octanol–water partition coefficient (Wildman–Crippen LogP) is 2.03. The van der Waals surface area contributed by atoms with Crippen LogP contribution in [0.3, 0.4) is 0 Å². The summed E-state index contributed by atoms with van der Waals surface area (Å²) in [5.41, 5.74) is 0.477. The van der Waals surface area contributed by atoms with Crippen molar-refractivity contribution in [3.8, 4) is 5.75 Å². The minimum atomic E-state index is -0.430. The molecule has 1 aromatic carbocycles. The molecule has 1 fully saturated rings. The lowest BCUT2D eigenvalue weighted by Crippen LogP contribution is -2.67. The second-order valence-electron chi connectivity index (χ2n) is 5.51. The van der Waals surface area contributed by atoms with E-state index in [-0.39, 0.29) is 17.2 Å². The molecule has 0 N–H and O–H groups in total. The maximum absolute atomic E-state index is 11.7. The van der Waals surface area contributed by atoms with Gasteiger partial charge in [-0.2, -0.15) is 0 Å². The van der Waals surface area contributed by atoms with E-state index in [1.807, 2.05) is 20.8 Å². The van der Waals surface area contributed by atoms with Crippen LogP contribution in [0.4, 0.5) is 5.69 Å². The van der Waals surface area contributed by atoms with Crippen molar-refractivity contribution in [2.45, 2.75) is 26.8 Å². The van der Waals surface area contributed by atoms with Gasteiger partial charge in [0.2, 0.25) is 5.78 Å². The number of ether oxygens (including phenoxy) is 1. The Morgan fingerprint density at radius 3 is 2.11 bits per heavy atom. The Labute approximate surface area is 107 Å². The number of hydrogen-bond acceptors (Lipinski definition) is 3. The largest absolute Gasteiger partial charge is 0.497 e. The molecule has 1 saturated heterocycles. The normalized spacial score (nSPS) is 19.8. The van der Waals surface area contributed by atoms with Gasteiger partial charge in [-0.05, 0) is 29.7 Å². The summed E-state index contributed by atoms with van der Waals surface area (Å²) in [6.07, 6.45) is 0. The number of methoxy groups -OCH3 is 1. The number of carbonyl (C=O) groups is 2. The number of carbonyl (C=O) groups excluding carboxylic acids is 2. The number of Topliss-reactive ketones (excluding diaryl/α,β-unsaturated/α-hetero) is 1. The van der Waals surface area contributed by atoms with Gasteiger partial charge >= 0.3 is 0 Å². The van der Waals surface area contributed by atoms with E-state index in [1.165, 1.54) is 0 Å². The van der Waals surface area contributed by atoms with E-state index in [4.69, 9.17) is 4.74 Å². The zero-order valence-corrected chi connectivity index (χ0v) is 11.1. The summed E-state index contributed by atoms with van der Waals surface area (Å²) in [5, 5.41) is 0. The van der Waals surface area contributed by atoms with Gasteiger partial charge in [-0.15, -0.1) is 0 Å². The van der Waals surface area contributed by atoms with Gasteiger partial charge in [-0.25, -0.2) is 0 Å². The van der Waals surface area contributed by atoms with Gasteiger partial charge in [0.05, 0.1) is 7.11 Å². The lowest BCUT2D eigenvalue weighted by atomic mass is 9.77. The number of nitrogens with zero attached hydrogens (tertiary/aromatic N) is 1. The lowest BCUT2D eigenvalue weighted by Gasteiger charge is -2.45. The molecule has 1 aliphatic rings. The third kappa shape index (κ3) is 1.88. The molecule has 1 amide bonds. The summed E-state index contributed by atoms with van der Waals surface area (Å²) >= 11 is 0. The quantitative estimate of drug-likeness (QED) is 0.593. The van der Waals surface area contributed by atoms with Crippen LogP contribution in [0.1, 0.15) is 20.8 Å². The SMILES string of the molecule is COc1ccc(N2C(=O)C(=O)C2C(C)(C)C)cc1. The number of anilines is 1. The Bertz CT molecular complexity index is 485. The first-order chi connectivity index (χ1) is 8.36. The third-order valence-electron chi connectivity index (χ3n) is 3.11. The van der Waals surface area contributed by atoms with Gasteiger partial charge in [-0.1, -0.05) is 20.8 Å². The van der Waals surface area contributed by atoms with E-state index in [0.29, 0.717) is 0 Å². The van der Waals surface area contributed by atoms with Crippen molar-refractivity contribution in [1.29, 1.82) is 0 Å². The van der Waals surface area contributed by atoms with Crippen molar-refractivity contribution in [3.63, 3.8) is 0 Å². The van der Waals surface area contributed by atoms with Crippen LogP contribution >= 0.6 is 0 Å². The molecule has 0 aromatic heterocycles. The van der Waals surface area contributed by atoms with Gasteiger partial charge in [0, 0.05) is 5.69 Å².